The lowest BCUT2D eigenvalue weighted by Gasteiger charge is -2.36. The molecule has 0 saturated carbocycles. The normalized spacial score (nSPS) is 16.4. The molecule has 2 heterocycles. The monoisotopic (exact) mass is 541 g/mol. The van der Waals surface area contributed by atoms with Crippen LogP contribution in [0.25, 0.3) is 0 Å². The molecule has 8 heteroatoms. The summed E-state index contributed by atoms with van der Waals surface area (Å²) in [6.45, 7) is 2.28. The van der Waals surface area contributed by atoms with E-state index in [0.717, 1.165) is 11.1 Å². The van der Waals surface area contributed by atoms with Gasteiger partial charge in [-0.15, -0.1) is 0 Å². The number of amidine groups is 1. The Kier molecular flexibility index (Phi) is 7.93. The Balaban J connectivity index is 1.43. The molecule has 0 bridgehead atoms. The van der Waals surface area contributed by atoms with Crippen LogP contribution in [0.1, 0.15) is 36.1 Å². The summed E-state index contributed by atoms with van der Waals surface area (Å²) in [5.74, 6) is -1.12. The number of ether oxygens (including phenoxy) is 1. The molecule has 198 valence electrons. The molecule has 0 saturated heterocycles. The second kappa shape index (κ2) is 11.7. The molecule has 6 nitrogen and oxygen atoms in total. The minimum atomic E-state index is -0.824. The van der Waals surface area contributed by atoms with Crippen LogP contribution in [-0.2, 0) is 27.5 Å². The maximum absolute atomic E-state index is 15.3. The smallest absolute Gasteiger partial charge is 0.338 e. The quantitative estimate of drug-likeness (QED) is 0.318. The average Bonchev–Trinajstić information content (AvgIpc) is 3.34. The first kappa shape index (κ1) is 26.4. The van der Waals surface area contributed by atoms with Crippen LogP contribution in [0.2, 0.25) is 0 Å². The van der Waals surface area contributed by atoms with Crippen LogP contribution in [0.5, 0.6) is 0 Å². The zero-order valence-electron chi connectivity index (χ0n) is 21.7. The first-order valence-electron chi connectivity index (χ1n) is 12.6. The van der Waals surface area contributed by atoms with E-state index < -0.39 is 17.8 Å². The van der Waals surface area contributed by atoms with E-state index >= 15 is 4.39 Å². The van der Waals surface area contributed by atoms with Crippen LogP contribution in [0, 0.1) is 5.82 Å². The summed E-state index contributed by atoms with van der Waals surface area (Å²) >= 11 is 1.36. The van der Waals surface area contributed by atoms with Crippen LogP contribution < -0.4 is 0 Å². The van der Waals surface area contributed by atoms with Crippen molar-refractivity contribution >= 4 is 28.8 Å². The topological polar surface area (TPSA) is 62.2 Å². The first-order valence-corrected chi connectivity index (χ1v) is 13.5. The van der Waals surface area contributed by atoms with Gasteiger partial charge in [-0.05, 0) is 29.5 Å². The second-order valence-corrected chi connectivity index (χ2v) is 10.2. The Morgan fingerprint density at radius 1 is 0.974 bits per heavy atom. The largest absolute Gasteiger partial charge is 0.457 e. The van der Waals surface area contributed by atoms with E-state index in [4.69, 9.17) is 4.74 Å². The van der Waals surface area contributed by atoms with Crippen LogP contribution in [0.3, 0.4) is 0 Å². The zero-order chi connectivity index (χ0) is 27.4. The van der Waals surface area contributed by atoms with Crippen LogP contribution in [0.4, 0.5) is 4.39 Å². The highest BCUT2D eigenvalue weighted by Gasteiger charge is 2.42. The number of hydrogen-bond donors (Lipinski definition) is 0. The van der Waals surface area contributed by atoms with Crippen LogP contribution in [-0.4, -0.2) is 33.9 Å². The molecule has 3 aromatic carbocycles. The number of benzene rings is 3. The Hall–Kier alpha value is -4.17. The Morgan fingerprint density at radius 2 is 1.62 bits per heavy atom. The van der Waals surface area contributed by atoms with Crippen molar-refractivity contribution in [3.05, 3.63) is 130 Å². The minimum absolute atomic E-state index is 0.0751. The number of halogens is 1. The van der Waals surface area contributed by atoms with E-state index in [-0.39, 0.29) is 24.5 Å². The lowest BCUT2D eigenvalue weighted by molar-refractivity contribution is -0.141. The number of esters is 1. The third kappa shape index (κ3) is 5.81. The molecule has 1 amide bonds. The summed E-state index contributed by atoms with van der Waals surface area (Å²) < 4.78 is 20.9. The fourth-order valence-corrected chi connectivity index (χ4v) is 5.62. The Bertz CT molecular complexity index is 1470. The van der Waals surface area contributed by atoms with E-state index in [1.807, 2.05) is 66.1 Å². The fraction of sp³-hybridized carbons (Fsp3) is 0.194. The highest BCUT2D eigenvalue weighted by atomic mass is 32.2. The molecule has 3 aromatic rings. The molecule has 0 unspecified atom stereocenters. The van der Waals surface area contributed by atoms with E-state index in [1.54, 1.807) is 42.0 Å². The maximum Gasteiger partial charge on any atom is 0.338 e. The molecule has 0 N–H and O–H groups in total. The number of fused-ring (bicyclic) bond motifs is 1. The number of carbonyl (C=O) groups is 2. The van der Waals surface area contributed by atoms with Crippen molar-refractivity contribution < 1.29 is 18.7 Å². The summed E-state index contributed by atoms with van der Waals surface area (Å²) in [4.78, 5) is 34.9. The predicted octanol–water partition coefficient (Wildman–Crippen LogP) is 6.19. The molecule has 5 rings (SSSR count). The van der Waals surface area contributed by atoms with Gasteiger partial charge in [0.15, 0.2) is 5.17 Å². The molecular formula is C31H28FN3O3S. The van der Waals surface area contributed by atoms with Gasteiger partial charge >= 0.3 is 5.97 Å². The number of thioether (sulfide) groups is 1. The summed E-state index contributed by atoms with van der Waals surface area (Å²) in [6, 6.07) is 24.7. The molecule has 39 heavy (non-hydrogen) atoms. The number of hydrogen-bond acceptors (Lipinski definition) is 6. The maximum atomic E-state index is 15.3. The first-order chi connectivity index (χ1) is 18.9. The molecule has 0 aromatic heterocycles. The summed E-state index contributed by atoms with van der Waals surface area (Å²) in [6.07, 6.45) is 0.0751. The molecule has 0 aliphatic carbocycles. The summed E-state index contributed by atoms with van der Waals surface area (Å²) in [5.41, 5.74) is 3.54. The zero-order valence-corrected chi connectivity index (χ0v) is 22.5. The summed E-state index contributed by atoms with van der Waals surface area (Å²) in [5, 5.41) is 2.45. The van der Waals surface area contributed by atoms with Crippen molar-refractivity contribution in [1.82, 2.24) is 9.80 Å². The van der Waals surface area contributed by atoms with Gasteiger partial charge in [0.25, 0.3) is 0 Å². The van der Waals surface area contributed by atoms with Gasteiger partial charge in [0.2, 0.25) is 5.91 Å². The molecule has 0 spiro atoms. The lowest BCUT2D eigenvalue weighted by Crippen LogP contribution is -2.38. The molecule has 1 atom stereocenters. The Labute approximate surface area is 231 Å². The van der Waals surface area contributed by atoms with Crippen molar-refractivity contribution in [1.29, 1.82) is 0 Å². The van der Waals surface area contributed by atoms with E-state index in [1.165, 1.54) is 17.8 Å². The van der Waals surface area contributed by atoms with Crippen molar-refractivity contribution in [3.8, 4) is 0 Å². The third-order valence-corrected chi connectivity index (χ3v) is 7.54. The van der Waals surface area contributed by atoms with Gasteiger partial charge in [-0.3, -0.25) is 4.79 Å². The van der Waals surface area contributed by atoms with E-state index in [0.29, 0.717) is 28.7 Å². The third-order valence-electron chi connectivity index (χ3n) is 6.65. The lowest BCUT2D eigenvalue weighted by atomic mass is 9.93. The van der Waals surface area contributed by atoms with Crippen molar-refractivity contribution in [2.24, 2.45) is 4.99 Å². The van der Waals surface area contributed by atoms with Gasteiger partial charge < -0.3 is 14.5 Å². The number of nitrogens with zero attached hydrogens (tertiary/aromatic N) is 3. The van der Waals surface area contributed by atoms with E-state index in [2.05, 4.69) is 4.99 Å². The van der Waals surface area contributed by atoms with Crippen LogP contribution in [0.15, 0.2) is 112 Å². The molecule has 0 radical (unpaired) electrons. The second-order valence-electron chi connectivity index (χ2n) is 9.39. The van der Waals surface area contributed by atoms with E-state index in [9.17, 15) is 9.59 Å². The SMILES string of the molecule is CC1=C(C(=O)OCc2ccccc2)[C@@H](c2ccccc2F)N2C(CC(=O)N(C)Cc3ccccc3)=CSC2=N1. The highest BCUT2D eigenvalue weighted by molar-refractivity contribution is 8.16. The predicted molar refractivity (Wildman–Crippen MR) is 151 cm³/mol. The Morgan fingerprint density at radius 3 is 2.31 bits per heavy atom. The molecule has 2 aliphatic heterocycles. The van der Waals surface area contributed by atoms with Gasteiger partial charge in [0, 0.05) is 24.9 Å². The van der Waals surface area contributed by atoms with Gasteiger partial charge in [-0.25, -0.2) is 14.2 Å². The standard InChI is InChI=1S/C31H28FN3O3S/c1-21-28(30(37)38-19-23-13-7-4-8-14-23)29(25-15-9-10-16-26(25)32)35-24(20-39-31(35)33-21)17-27(36)34(2)18-22-11-5-3-6-12-22/h3-16,20,29H,17-19H2,1-2H3/t29-/m1/s1. The molecule has 2 aliphatic rings. The number of rotatable bonds is 8. The number of allylic oxidation sites excluding steroid dienone is 1. The van der Waals surface area contributed by atoms with Gasteiger partial charge in [-0.2, -0.15) is 0 Å². The highest BCUT2D eigenvalue weighted by Crippen LogP contribution is 2.45. The number of aliphatic imine (C=N–C) groups is 1. The van der Waals surface area contributed by atoms with Crippen molar-refractivity contribution in [2.45, 2.75) is 32.5 Å². The van der Waals surface area contributed by atoms with Crippen molar-refractivity contribution in [2.75, 3.05) is 7.05 Å². The number of amides is 1. The fourth-order valence-electron chi connectivity index (χ4n) is 4.66. The van der Waals surface area contributed by atoms with Gasteiger partial charge in [0.05, 0.1) is 23.7 Å². The number of carbonyl (C=O) groups excluding carboxylic acids is 2. The van der Waals surface area contributed by atoms with Crippen molar-refractivity contribution in [3.63, 3.8) is 0 Å². The van der Waals surface area contributed by atoms with Gasteiger partial charge in [-0.1, -0.05) is 90.6 Å². The summed E-state index contributed by atoms with van der Waals surface area (Å²) in [7, 11) is 1.76. The average molecular weight is 542 g/mol. The van der Waals surface area contributed by atoms with Gasteiger partial charge in [0.1, 0.15) is 12.4 Å². The van der Waals surface area contributed by atoms with Crippen LogP contribution >= 0.6 is 11.8 Å². The molecular weight excluding hydrogens is 513 g/mol. The molecule has 0 fully saturated rings. The minimum Gasteiger partial charge on any atom is -0.457 e.